The van der Waals surface area contributed by atoms with Gasteiger partial charge in [-0.05, 0) is 72.5 Å². The number of benzene rings is 2. The fourth-order valence-corrected chi connectivity index (χ4v) is 4.40. The molecular formula is C22H23F3N3O2P. The van der Waals surface area contributed by atoms with E-state index in [1.54, 1.807) is 6.07 Å². The molecule has 1 fully saturated rings. The van der Waals surface area contributed by atoms with E-state index in [4.69, 9.17) is 10.5 Å². The summed E-state index contributed by atoms with van der Waals surface area (Å²) in [4.78, 5) is 15.2. The van der Waals surface area contributed by atoms with Gasteiger partial charge in [0.25, 0.3) is 5.91 Å². The van der Waals surface area contributed by atoms with Crippen molar-refractivity contribution in [3.05, 3.63) is 58.8 Å². The molecule has 1 unspecified atom stereocenters. The summed E-state index contributed by atoms with van der Waals surface area (Å²) < 4.78 is 44.5. The predicted octanol–water partition coefficient (Wildman–Crippen LogP) is 3.83. The van der Waals surface area contributed by atoms with E-state index in [1.807, 2.05) is 12.3 Å². The van der Waals surface area contributed by atoms with Crippen LogP contribution in [0.25, 0.3) is 10.9 Å². The summed E-state index contributed by atoms with van der Waals surface area (Å²) in [5.74, 6) is 0.232. The first-order valence-electron chi connectivity index (χ1n) is 9.98. The van der Waals surface area contributed by atoms with Gasteiger partial charge < -0.3 is 20.8 Å². The second-order valence-electron chi connectivity index (χ2n) is 7.73. The quantitative estimate of drug-likeness (QED) is 0.518. The number of nitrogens with two attached hydrogens (primary N) is 1. The van der Waals surface area contributed by atoms with Gasteiger partial charge in [-0.2, -0.15) is 13.2 Å². The standard InChI is InChI=1S/C22H23F3N3O2P/c23-22(24,25)14-2-1-13(19(31)7-14)11-30-15-8-16-18(12-3-5-27-6-4-12)10-28-20(16)17(9-15)21(26)29/h1-2,7-10,12,27-28H,3-6,11,31H2,(H2,26,29). The third kappa shape index (κ3) is 4.55. The third-order valence-corrected chi connectivity index (χ3v) is 6.24. The Labute approximate surface area is 179 Å². The molecule has 1 aromatic heterocycles. The minimum atomic E-state index is -4.40. The maximum absolute atomic E-state index is 12.9. The molecule has 1 aliphatic rings. The Hall–Kier alpha value is -2.57. The van der Waals surface area contributed by atoms with Gasteiger partial charge in [0.1, 0.15) is 12.4 Å². The molecule has 1 atom stereocenters. The van der Waals surface area contributed by atoms with Crippen LogP contribution in [0.15, 0.2) is 36.5 Å². The molecule has 0 spiro atoms. The number of aromatic amines is 1. The first-order chi connectivity index (χ1) is 14.7. The number of hydrogen-bond donors (Lipinski definition) is 3. The first-order valence-corrected chi connectivity index (χ1v) is 10.6. The van der Waals surface area contributed by atoms with Crippen LogP contribution in [0.3, 0.4) is 0 Å². The molecule has 0 bridgehead atoms. The molecule has 31 heavy (non-hydrogen) atoms. The Bertz CT molecular complexity index is 1120. The van der Waals surface area contributed by atoms with Gasteiger partial charge in [0, 0.05) is 11.6 Å². The molecule has 1 aliphatic heterocycles. The number of carbonyl (C=O) groups excluding carboxylic acids is 1. The fraction of sp³-hybridized carbons (Fsp3) is 0.318. The van der Waals surface area contributed by atoms with E-state index in [9.17, 15) is 18.0 Å². The van der Waals surface area contributed by atoms with E-state index < -0.39 is 17.6 Å². The monoisotopic (exact) mass is 449 g/mol. The van der Waals surface area contributed by atoms with Crippen LogP contribution in [-0.4, -0.2) is 24.0 Å². The molecule has 1 saturated heterocycles. The Balaban J connectivity index is 1.64. The number of amides is 1. The minimum absolute atomic E-state index is 0.0633. The maximum atomic E-state index is 12.9. The van der Waals surface area contributed by atoms with Gasteiger partial charge in [0.15, 0.2) is 0 Å². The Kier molecular flexibility index (Phi) is 5.95. The van der Waals surface area contributed by atoms with Crippen LogP contribution in [-0.2, 0) is 12.8 Å². The number of ether oxygens (including phenoxy) is 1. The van der Waals surface area contributed by atoms with Crippen molar-refractivity contribution in [1.29, 1.82) is 0 Å². The number of alkyl halides is 3. The number of rotatable bonds is 5. The van der Waals surface area contributed by atoms with Crippen LogP contribution < -0.4 is 21.1 Å². The van der Waals surface area contributed by atoms with Crippen molar-refractivity contribution in [2.45, 2.75) is 31.5 Å². The number of fused-ring (bicyclic) bond motifs is 1. The lowest BCUT2D eigenvalue weighted by Crippen LogP contribution is -2.26. The topological polar surface area (TPSA) is 80.1 Å². The summed E-state index contributed by atoms with van der Waals surface area (Å²) in [6.45, 7) is 1.93. The zero-order chi connectivity index (χ0) is 22.2. The van der Waals surface area contributed by atoms with Gasteiger partial charge in [0.2, 0.25) is 0 Å². The molecule has 0 radical (unpaired) electrons. The SMILES string of the molecule is NC(=O)c1cc(OCc2ccc(C(F)(F)F)cc2P)cc2c(C3CCNCC3)c[nH]c12. The van der Waals surface area contributed by atoms with Crippen LogP contribution in [0.1, 0.15) is 45.8 Å². The number of hydrogen-bond acceptors (Lipinski definition) is 3. The number of piperidine rings is 1. The van der Waals surface area contributed by atoms with E-state index in [-0.39, 0.29) is 6.61 Å². The number of carbonyl (C=O) groups is 1. The summed E-state index contributed by atoms with van der Waals surface area (Å²) in [6.07, 6.45) is -0.489. The second-order valence-corrected chi connectivity index (χ2v) is 8.35. The number of H-pyrrole nitrogens is 1. The highest BCUT2D eigenvalue weighted by Crippen LogP contribution is 2.35. The fourth-order valence-electron chi connectivity index (χ4n) is 4.04. The molecular weight excluding hydrogens is 426 g/mol. The summed E-state index contributed by atoms with van der Waals surface area (Å²) in [6, 6.07) is 6.94. The highest BCUT2D eigenvalue weighted by molar-refractivity contribution is 7.27. The largest absolute Gasteiger partial charge is 0.489 e. The van der Waals surface area contributed by atoms with Crippen molar-refractivity contribution < 1.29 is 22.7 Å². The first kappa shape index (κ1) is 21.7. The summed E-state index contributed by atoms with van der Waals surface area (Å²) in [7, 11) is 2.31. The van der Waals surface area contributed by atoms with Gasteiger partial charge >= 0.3 is 6.18 Å². The molecule has 1 amide bonds. The molecule has 2 heterocycles. The van der Waals surface area contributed by atoms with Crippen LogP contribution in [0, 0.1) is 0 Å². The predicted molar refractivity (Wildman–Crippen MR) is 117 cm³/mol. The Morgan fingerprint density at radius 3 is 2.58 bits per heavy atom. The van der Waals surface area contributed by atoms with E-state index in [2.05, 4.69) is 19.5 Å². The molecule has 4 rings (SSSR count). The summed E-state index contributed by atoms with van der Waals surface area (Å²) >= 11 is 0. The molecule has 164 valence electrons. The van der Waals surface area contributed by atoms with Crippen LogP contribution in [0.5, 0.6) is 5.75 Å². The molecule has 5 nitrogen and oxygen atoms in total. The van der Waals surface area contributed by atoms with Gasteiger partial charge in [-0.3, -0.25) is 4.79 Å². The lowest BCUT2D eigenvalue weighted by molar-refractivity contribution is -0.137. The zero-order valence-corrected chi connectivity index (χ0v) is 17.8. The van der Waals surface area contributed by atoms with Crippen LogP contribution in [0.4, 0.5) is 13.2 Å². The van der Waals surface area contributed by atoms with Crippen molar-refractivity contribution >= 4 is 31.4 Å². The summed E-state index contributed by atoms with van der Waals surface area (Å²) in [5, 5.41) is 4.63. The average Bonchev–Trinajstić information content (AvgIpc) is 3.16. The third-order valence-electron chi connectivity index (χ3n) is 5.71. The van der Waals surface area contributed by atoms with Crippen molar-refractivity contribution in [2.75, 3.05) is 13.1 Å². The minimum Gasteiger partial charge on any atom is -0.489 e. The van der Waals surface area contributed by atoms with Gasteiger partial charge in [0.05, 0.1) is 16.6 Å². The van der Waals surface area contributed by atoms with Crippen LogP contribution >= 0.6 is 9.24 Å². The Morgan fingerprint density at radius 1 is 1.19 bits per heavy atom. The molecule has 0 saturated carbocycles. The number of halogens is 3. The summed E-state index contributed by atoms with van der Waals surface area (Å²) in [5.41, 5.74) is 7.60. The van der Waals surface area contributed by atoms with Gasteiger partial charge in [-0.1, -0.05) is 6.07 Å². The Morgan fingerprint density at radius 2 is 1.94 bits per heavy atom. The van der Waals surface area contributed by atoms with Crippen LogP contribution in [0.2, 0.25) is 0 Å². The highest BCUT2D eigenvalue weighted by atomic mass is 31.0. The van der Waals surface area contributed by atoms with E-state index in [1.165, 1.54) is 6.07 Å². The van der Waals surface area contributed by atoms with Crippen molar-refractivity contribution in [1.82, 2.24) is 10.3 Å². The average molecular weight is 449 g/mol. The smallest absolute Gasteiger partial charge is 0.416 e. The lowest BCUT2D eigenvalue weighted by Gasteiger charge is -2.22. The van der Waals surface area contributed by atoms with E-state index in [0.717, 1.165) is 49.0 Å². The lowest BCUT2D eigenvalue weighted by atomic mass is 9.89. The van der Waals surface area contributed by atoms with Crippen molar-refractivity contribution in [3.8, 4) is 5.75 Å². The number of primary amides is 1. The maximum Gasteiger partial charge on any atom is 0.416 e. The molecule has 9 heteroatoms. The van der Waals surface area contributed by atoms with E-state index >= 15 is 0 Å². The van der Waals surface area contributed by atoms with Gasteiger partial charge in [-0.15, -0.1) is 9.24 Å². The molecule has 3 aromatic rings. The normalized spacial score (nSPS) is 15.4. The van der Waals surface area contributed by atoms with Gasteiger partial charge in [-0.25, -0.2) is 0 Å². The molecule has 4 N–H and O–H groups in total. The number of nitrogens with one attached hydrogen (secondary N) is 2. The molecule has 2 aromatic carbocycles. The van der Waals surface area contributed by atoms with Crippen molar-refractivity contribution in [2.24, 2.45) is 5.73 Å². The second kappa shape index (κ2) is 8.52. The van der Waals surface area contributed by atoms with Crippen molar-refractivity contribution in [3.63, 3.8) is 0 Å². The molecule has 0 aliphatic carbocycles. The van der Waals surface area contributed by atoms with E-state index in [0.29, 0.717) is 33.6 Å². The zero-order valence-electron chi connectivity index (χ0n) is 16.7. The highest BCUT2D eigenvalue weighted by Gasteiger charge is 2.30. The number of aromatic nitrogens is 1.